The maximum absolute atomic E-state index is 12.1. The first-order chi connectivity index (χ1) is 7.47. The van der Waals surface area contributed by atoms with E-state index in [1.807, 2.05) is 18.7 Å². The zero-order chi connectivity index (χ0) is 12.3. The van der Waals surface area contributed by atoms with Crippen molar-refractivity contribution >= 4 is 5.91 Å². The van der Waals surface area contributed by atoms with E-state index in [4.69, 9.17) is 5.73 Å². The summed E-state index contributed by atoms with van der Waals surface area (Å²) in [5.74, 6) is 0.141. The summed E-state index contributed by atoms with van der Waals surface area (Å²) < 4.78 is 0. The molecule has 4 heteroatoms. The van der Waals surface area contributed by atoms with Gasteiger partial charge in [0, 0.05) is 31.7 Å². The predicted octanol–water partition coefficient (Wildman–Crippen LogP) is 0.522. The van der Waals surface area contributed by atoms with Gasteiger partial charge in [-0.05, 0) is 20.4 Å². The molecule has 0 aromatic heterocycles. The van der Waals surface area contributed by atoms with E-state index in [9.17, 15) is 4.79 Å². The van der Waals surface area contributed by atoms with Crippen LogP contribution >= 0.6 is 0 Å². The summed E-state index contributed by atoms with van der Waals surface area (Å²) in [6.07, 6.45) is 1.09. The molecule has 0 saturated carbocycles. The molecule has 3 unspecified atom stereocenters. The molecule has 3 atom stereocenters. The van der Waals surface area contributed by atoms with Gasteiger partial charge in [-0.15, -0.1) is 0 Å². The lowest BCUT2D eigenvalue weighted by Crippen LogP contribution is -2.55. The monoisotopic (exact) mass is 227 g/mol. The summed E-state index contributed by atoms with van der Waals surface area (Å²) in [6.45, 7) is 8.65. The van der Waals surface area contributed by atoms with Crippen LogP contribution in [-0.2, 0) is 4.79 Å². The SMILES string of the molecule is CCC1CN(C(=O)C(C)C(C)N)CCN1C. The summed E-state index contributed by atoms with van der Waals surface area (Å²) in [7, 11) is 2.13. The summed E-state index contributed by atoms with van der Waals surface area (Å²) in [5.41, 5.74) is 5.78. The largest absolute Gasteiger partial charge is 0.340 e. The highest BCUT2D eigenvalue weighted by molar-refractivity contribution is 5.79. The van der Waals surface area contributed by atoms with Crippen LogP contribution in [0.15, 0.2) is 0 Å². The molecule has 0 aliphatic carbocycles. The van der Waals surface area contributed by atoms with Crippen molar-refractivity contribution in [3.63, 3.8) is 0 Å². The van der Waals surface area contributed by atoms with Gasteiger partial charge in [0.15, 0.2) is 0 Å². The lowest BCUT2D eigenvalue weighted by atomic mass is 10.0. The number of piperazine rings is 1. The smallest absolute Gasteiger partial charge is 0.227 e. The number of nitrogens with two attached hydrogens (primary N) is 1. The van der Waals surface area contributed by atoms with Gasteiger partial charge in [0.2, 0.25) is 5.91 Å². The van der Waals surface area contributed by atoms with E-state index >= 15 is 0 Å². The molecule has 1 fully saturated rings. The molecule has 1 amide bonds. The highest BCUT2D eigenvalue weighted by Gasteiger charge is 2.29. The zero-order valence-electron chi connectivity index (χ0n) is 10.9. The van der Waals surface area contributed by atoms with Crippen LogP contribution < -0.4 is 5.73 Å². The molecule has 16 heavy (non-hydrogen) atoms. The molecule has 0 radical (unpaired) electrons. The molecule has 1 saturated heterocycles. The van der Waals surface area contributed by atoms with E-state index in [2.05, 4.69) is 18.9 Å². The van der Waals surface area contributed by atoms with E-state index in [1.165, 1.54) is 0 Å². The standard InChI is InChI=1S/C12H25N3O/c1-5-11-8-15(7-6-14(11)4)12(16)9(2)10(3)13/h9-11H,5-8,13H2,1-4H3. The van der Waals surface area contributed by atoms with E-state index in [-0.39, 0.29) is 17.9 Å². The second kappa shape index (κ2) is 5.64. The van der Waals surface area contributed by atoms with Crippen molar-refractivity contribution in [3.8, 4) is 0 Å². The van der Waals surface area contributed by atoms with Crippen LogP contribution in [0.4, 0.5) is 0 Å². The Kier molecular flexibility index (Phi) is 4.74. The Bertz CT molecular complexity index is 242. The highest BCUT2D eigenvalue weighted by atomic mass is 16.2. The molecule has 1 aliphatic heterocycles. The molecular weight excluding hydrogens is 202 g/mol. The Morgan fingerprint density at radius 2 is 2.06 bits per heavy atom. The fourth-order valence-electron chi connectivity index (χ4n) is 2.10. The number of hydrogen-bond donors (Lipinski definition) is 1. The molecule has 2 N–H and O–H groups in total. The third-order valence-electron chi connectivity index (χ3n) is 3.74. The van der Waals surface area contributed by atoms with Gasteiger partial charge < -0.3 is 10.6 Å². The Balaban J connectivity index is 2.58. The number of carbonyl (C=O) groups is 1. The number of hydrogen-bond acceptors (Lipinski definition) is 3. The van der Waals surface area contributed by atoms with Gasteiger partial charge in [0.1, 0.15) is 0 Å². The molecule has 0 aromatic carbocycles. The predicted molar refractivity (Wildman–Crippen MR) is 66.1 cm³/mol. The molecule has 1 heterocycles. The molecule has 1 rings (SSSR count). The van der Waals surface area contributed by atoms with Crippen molar-refractivity contribution in [2.75, 3.05) is 26.7 Å². The maximum atomic E-state index is 12.1. The lowest BCUT2D eigenvalue weighted by Gasteiger charge is -2.40. The number of carbonyl (C=O) groups excluding carboxylic acids is 1. The third kappa shape index (κ3) is 2.95. The van der Waals surface area contributed by atoms with Crippen LogP contribution in [0.25, 0.3) is 0 Å². The van der Waals surface area contributed by atoms with Crippen LogP contribution in [-0.4, -0.2) is 54.5 Å². The summed E-state index contributed by atoms with van der Waals surface area (Å²) in [5, 5.41) is 0. The lowest BCUT2D eigenvalue weighted by molar-refractivity contribution is -0.138. The molecule has 1 aliphatic rings. The van der Waals surface area contributed by atoms with Gasteiger partial charge in [0.25, 0.3) is 0 Å². The van der Waals surface area contributed by atoms with Gasteiger partial charge in [-0.2, -0.15) is 0 Å². The van der Waals surface area contributed by atoms with E-state index in [0.717, 1.165) is 26.1 Å². The second-order valence-corrected chi connectivity index (χ2v) is 4.97. The average Bonchev–Trinajstić information content (AvgIpc) is 2.27. The fraction of sp³-hybridized carbons (Fsp3) is 0.917. The number of rotatable bonds is 3. The number of nitrogens with zero attached hydrogens (tertiary/aromatic N) is 2. The summed E-state index contributed by atoms with van der Waals surface area (Å²) in [6, 6.07) is 0.435. The quantitative estimate of drug-likeness (QED) is 0.765. The van der Waals surface area contributed by atoms with Crippen molar-refractivity contribution in [2.45, 2.75) is 39.3 Å². The van der Waals surface area contributed by atoms with Crippen LogP contribution in [0.1, 0.15) is 27.2 Å². The molecule has 0 bridgehead atoms. The third-order valence-corrected chi connectivity index (χ3v) is 3.74. The van der Waals surface area contributed by atoms with E-state index in [1.54, 1.807) is 0 Å². The number of amides is 1. The summed E-state index contributed by atoms with van der Waals surface area (Å²) in [4.78, 5) is 16.4. The average molecular weight is 227 g/mol. The highest BCUT2D eigenvalue weighted by Crippen LogP contribution is 2.14. The van der Waals surface area contributed by atoms with Crippen molar-refractivity contribution in [1.29, 1.82) is 0 Å². The first kappa shape index (κ1) is 13.5. The topological polar surface area (TPSA) is 49.6 Å². The van der Waals surface area contributed by atoms with Crippen LogP contribution in [0.2, 0.25) is 0 Å². The first-order valence-corrected chi connectivity index (χ1v) is 6.22. The Hall–Kier alpha value is -0.610. The zero-order valence-corrected chi connectivity index (χ0v) is 10.9. The van der Waals surface area contributed by atoms with Gasteiger partial charge in [0.05, 0.1) is 5.92 Å². The fourth-order valence-corrected chi connectivity index (χ4v) is 2.10. The Labute approximate surface area is 98.8 Å². The molecule has 4 nitrogen and oxygen atoms in total. The minimum atomic E-state index is -0.0686. The van der Waals surface area contributed by atoms with Crippen molar-refractivity contribution in [3.05, 3.63) is 0 Å². The van der Waals surface area contributed by atoms with Crippen LogP contribution in [0, 0.1) is 5.92 Å². The minimum absolute atomic E-state index is 0.0627. The van der Waals surface area contributed by atoms with Crippen LogP contribution in [0.5, 0.6) is 0 Å². The summed E-state index contributed by atoms with van der Waals surface area (Å²) >= 11 is 0. The van der Waals surface area contributed by atoms with Crippen LogP contribution in [0.3, 0.4) is 0 Å². The first-order valence-electron chi connectivity index (χ1n) is 6.22. The van der Waals surface area contributed by atoms with E-state index in [0.29, 0.717) is 6.04 Å². The Morgan fingerprint density at radius 1 is 1.44 bits per heavy atom. The molecule has 94 valence electrons. The molecule has 0 aromatic rings. The normalized spacial score (nSPS) is 26.6. The molecule has 0 spiro atoms. The minimum Gasteiger partial charge on any atom is -0.340 e. The van der Waals surface area contributed by atoms with Gasteiger partial charge >= 0.3 is 0 Å². The Morgan fingerprint density at radius 3 is 2.56 bits per heavy atom. The molecular formula is C12H25N3O. The van der Waals surface area contributed by atoms with Crippen molar-refractivity contribution < 1.29 is 4.79 Å². The maximum Gasteiger partial charge on any atom is 0.227 e. The van der Waals surface area contributed by atoms with Gasteiger partial charge in [-0.3, -0.25) is 9.69 Å². The van der Waals surface area contributed by atoms with E-state index < -0.39 is 0 Å². The van der Waals surface area contributed by atoms with Crippen molar-refractivity contribution in [1.82, 2.24) is 9.80 Å². The van der Waals surface area contributed by atoms with Gasteiger partial charge in [-0.25, -0.2) is 0 Å². The second-order valence-electron chi connectivity index (χ2n) is 4.97. The van der Waals surface area contributed by atoms with Gasteiger partial charge in [-0.1, -0.05) is 13.8 Å². The number of likely N-dealkylation sites (N-methyl/N-ethyl adjacent to an activating group) is 1. The van der Waals surface area contributed by atoms with Crippen molar-refractivity contribution in [2.24, 2.45) is 11.7 Å².